The van der Waals surface area contributed by atoms with E-state index in [1.165, 1.54) is 30.2 Å². The second-order valence-corrected chi connectivity index (χ2v) is 5.66. The van der Waals surface area contributed by atoms with Crippen molar-refractivity contribution in [3.05, 3.63) is 18.2 Å². The largest absolute Gasteiger partial charge is 0.256 e. The van der Waals surface area contributed by atoms with E-state index in [2.05, 4.69) is 41.4 Å². The molecule has 0 aromatic carbocycles. The first-order valence-corrected chi connectivity index (χ1v) is 8.01. The zero-order valence-corrected chi connectivity index (χ0v) is 12.4. The summed E-state index contributed by atoms with van der Waals surface area (Å²) in [6, 6.07) is 2.21. The maximum Gasteiger partial charge on any atom is 0.256 e. The Hall–Kier alpha value is -0.950. The van der Waals surface area contributed by atoms with Crippen molar-refractivity contribution in [2.24, 2.45) is 0 Å². The zero-order chi connectivity index (χ0) is 13.2. The lowest BCUT2D eigenvalue weighted by Gasteiger charge is -2.02. The summed E-state index contributed by atoms with van der Waals surface area (Å²) < 4.78 is 4.55. The number of nitrogens with zero attached hydrogens (tertiary/aromatic N) is 3. The van der Waals surface area contributed by atoms with Gasteiger partial charge in [0.25, 0.3) is 5.82 Å². The fraction of sp³-hybridized carbons (Fsp3) is 0.714. The van der Waals surface area contributed by atoms with Crippen LogP contribution in [0.5, 0.6) is 0 Å². The third-order valence-electron chi connectivity index (χ3n) is 3.01. The molecule has 0 aliphatic rings. The average molecular weight is 266 g/mol. The summed E-state index contributed by atoms with van der Waals surface area (Å²) in [6.45, 7) is 6.32. The molecule has 3 nitrogen and oxygen atoms in total. The Labute approximate surface area is 115 Å². The van der Waals surface area contributed by atoms with Gasteiger partial charge in [0, 0.05) is 6.42 Å². The van der Waals surface area contributed by atoms with Gasteiger partial charge in [-0.15, -0.1) is 0 Å². The van der Waals surface area contributed by atoms with Gasteiger partial charge in [0.15, 0.2) is 0 Å². The van der Waals surface area contributed by atoms with Gasteiger partial charge in [-0.2, -0.15) is 17.0 Å². The first kappa shape index (κ1) is 15.1. The number of rotatable bonds is 9. The standard InChI is InChI=1S/C14H24N3S/c1-3-14-16(9-5-6-13-18-4-2)11-12-17(14)10-7-8-15/h11-12H,3-7,9-10,13H2,1-2H3/q+1. The van der Waals surface area contributed by atoms with Crippen molar-refractivity contribution in [2.45, 2.75) is 52.6 Å². The van der Waals surface area contributed by atoms with Crippen LogP contribution in [0.3, 0.4) is 0 Å². The first-order chi connectivity index (χ1) is 8.83. The molecular formula is C14H24N3S+. The van der Waals surface area contributed by atoms with Crippen LogP contribution in [0.15, 0.2) is 12.4 Å². The Bertz CT molecular complexity index is 379. The van der Waals surface area contributed by atoms with Gasteiger partial charge in [0.1, 0.15) is 18.9 Å². The smallest absolute Gasteiger partial charge is 0.234 e. The van der Waals surface area contributed by atoms with Crippen molar-refractivity contribution < 1.29 is 4.57 Å². The van der Waals surface area contributed by atoms with Crippen LogP contribution in [0.25, 0.3) is 0 Å². The van der Waals surface area contributed by atoms with Crippen LogP contribution in [0.2, 0.25) is 0 Å². The van der Waals surface area contributed by atoms with Crippen molar-refractivity contribution in [1.29, 1.82) is 5.26 Å². The Morgan fingerprint density at radius 3 is 2.89 bits per heavy atom. The highest BCUT2D eigenvalue weighted by Gasteiger charge is 2.14. The molecule has 0 bridgehead atoms. The van der Waals surface area contributed by atoms with E-state index in [9.17, 15) is 0 Å². The number of unbranched alkanes of at least 4 members (excludes halogenated alkanes) is 1. The van der Waals surface area contributed by atoms with E-state index in [0.29, 0.717) is 6.42 Å². The number of aromatic nitrogens is 2. The fourth-order valence-corrected chi connectivity index (χ4v) is 2.81. The lowest BCUT2D eigenvalue weighted by molar-refractivity contribution is -0.702. The lowest BCUT2D eigenvalue weighted by Crippen LogP contribution is -2.36. The van der Waals surface area contributed by atoms with Gasteiger partial charge in [-0.05, 0) is 24.3 Å². The summed E-state index contributed by atoms with van der Waals surface area (Å²) in [7, 11) is 0. The molecule has 0 fully saturated rings. The minimum Gasteiger partial charge on any atom is -0.234 e. The van der Waals surface area contributed by atoms with Crippen LogP contribution < -0.4 is 4.57 Å². The molecule has 18 heavy (non-hydrogen) atoms. The van der Waals surface area contributed by atoms with Gasteiger partial charge in [0.2, 0.25) is 0 Å². The van der Waals surface area contributed by atoms with Crippen molar-refractivity contribution >= 4 is 11.8 Å². The molecule has 0 amide bonds. The maximum absolute atomic E-state index is 8.65. The lowest BCUT2D eigenvalue weighted by atomic mass is 10.3. The van der Waals surface area contributed by atoms with Crippen LogP contribution in [0, 0.1) is 11.3 Å². The number of hydrogen-bond acceptors (Lipinski definition) is 2. The summed E-state index contributed by atoms with van der Waals surface area (Å²) in [5, 5.41) is 8.65. The van der Waals surface area contributed by atoms with E-state index in [0.717, 1.165) is 19.5 Å². The summed E-state index contributed by atoms with van der Waals surface area (Å²) in [5.74, 6) is 3.83. The van der Waals surface area contributed by atoms with Crippen LogP contribution >= 0.6 is 11.8 Å². The van der Waals surface area contributed by atoms with Gasteiger partial charge in [-0.1, -0.05) is 13.8 Å². The Morgan fingerprint density at radius 1 is 1.39 bits per heavy atom. The van der Waals surface area contributed by atoms with Crippen molar-refractivity contribution in [3.63, 3.8) is 0 Å². The number of aryl methyl sites for hydroxylation is 2. The van der Waals surface area contributed by atoms with E-state index in [1.54, 1.807) is 0 Å². The van der Waals surface area contributed by atoms with Crippen molar-refractivity contribution in [1.82, 2.24) is 4.57 Å². The van der Waals surface area contributed by atoms with Crippen molar-refractivity contribution in [3.8, 4) is 6.07 Å². The normalized spacial score (nSPS) is 10.5. The van der Waals surface area contributed by atoms with Gasteiger partial charge < -0.3 is 0 Å². The van der Waals surface area contributed by atoms with E-state index in [-0.39, 0.29) is 0 Å². The molecule has 1 heterocycles. The first-order valence-electron chi connectivity index (χ1n) is 6.85. The van der Waals surface area contributed by atoms with Gasteiger partial charge >= 0.3 is 0 Å². The number of imidazole rings is 1. The maximum atomic E-state index is 8.65. The molecule has 0 radical (unpaired) electrons. The summed E-state index contributed by atoms with van der Waals surface area (Å²) >= 11 is 2.02. The molecule has 1 aromatic heterocycles. The van der Waals surface area contributed by atoms with E-state index < -0.39 is 0 Å². The van der Waals surface area contributed by atoms with Gasteiger partial charge in [-0.25, -0.2) is 9.13 Å². The SMILES string of the molecule is CCSCCCCn1cc[n+](CCC#N)c1CC. The second kappa shape index (κ2) is 9.04. The minimum absolute atomic E-state index is 0.592. The molecule has 0 aliphatic carbocycles. The molecule has 0 saturated heterocycles. The highest BCUT2D eigenvalue weighted by molar-refractivity contribution is 7.99. The number of hydrogen-bond donors (Lipinski definition) is 0. The summed E-state index contributed by atoms with van der Waals surface area (Å²) in [4.78, 5) is 0. The topological polar surface area (TPSA) is 32.6 Å². The predicted octanol–water partition coefficient (Wildman–Crippen LogP) is 2.78. The second-order valence-electron chi connectivity index (χ2n) is 4.27. The Kier molecular flexibility index (Phi) is 7.59. The van der Waals surface area contributed by atoms with Crippen LogP contribution in [0.4, 0.5) is 0 Å². The molecular weight excluding hydrogens is 242 g/mol. The molecule has 0 saturated carbocycles. The zero-order valence-electron chi connectivity index (χ0n) is 11.6. The molecule has 0 N–H and O–H groups in total. The van der Waals surface area contributed by atoms with Crippen LogP contribution in [0.1, 0.15) is 38.9 Å². The van der Waals surface area contributed by atoms with Gasteiger partial charge in [0.05, 0.1) is 19.0 Å². The summed E-state index contributed by atoms with van der Waals surface area (Å²) in [5.41, 5.74) is 0. The number of thioether (sulfide) groups is 1. The summed E-state index contributed by atoms with van der Waals surface area (Å²) in [6.07, 6.45) is 8.42. The number of nitriles is 1. The molecule has 4 heteroatoms. The molecule has 1 rings (SSSR count). The van der Waals surface area contributed by atoms with Crippen molar-refractivity contribution in [2.75, 3.05) is 11.5 Å². The van der Waals surface area contributed by atoms with Crippen LogP contribution in [-0.4, -0.2) is 16.1 Å². The Balaban J connectivity index is 2.45. The minimum atomic E-state index is 0.592. The van der Waals surface area contributed by atoms with E-state index >= 15 is 0 Å². The van der Waals surface area contributed by atoms with E-state index in [1.807, 2.05) is 11.8 Å². The third-order valence-corrected chi connectivity index (χ3v) is 4.00. The van der Waals surface area contributed by atoms with Crippen LogP contribution in [-0.2, 0) is 19.5 Å². The van der Waals surface area contributed by atoms with Gasteiger partial charge in [-0.3, -0.25) is 0 Å². The fourth-order valence-electron chi connectivity index (χ4n) is 2.11. The Morgan fingerprint density at radius 2 is 2.22 bits per heavy atom. The average Bonchev–Trinajstić information content (AvgIpc) is 2.78. The molecule has 0 spiro atoms. The highest BCUT2D eigenvalue weighted by atomic mass is 32.2. The quantitative estimate of drug-likeness (QED) is 0.508. The molecule has 0 atom stereocenters. The molecule has 0 aliphatic heterocycles. The monoisotopic (exact) mass is 266 g/mol. The highest BCUT2D eigenvalue weighted by Crippen LogP contribution is 2.06. The molecule has 1 aromatic rings. The molecule has 100 valence electrons. The van der Waals surface area contributed by atoms with E-state index in [4.69, 9.17) is 5.26 Å². The molecule has 0 unspecified atom stereocenters. The third kappa shape index (κ3) is 4.73. The predicted molar refractivity (Wildman–Crippen MR) is 76.5 cm³/mol.